The molecule has 0 heterocycles. The van der Waals surface area contributed by atoms with E-state index >= 15 is 0 Å². The van der Waals surface area contributed by atoms with Gasteiger partial charge >= 0.3 is 29.6 Å². The van der Waals surface area contributed by atoms with Crippen LogP contribution in [0.25, 0.3) is 0 Å². The van der Waals surface area contributed by atoms with Crippen molar-refractivity contribution < 1.29 is 47.6 Å². The fraction of sp³-hybridized carbons (Fsp3) is 0.0769. The van der Waals surface area contributed by atoms with Crippen molar-refractivity contribution in [3.8, 4) is 0 Å². The van der Waals surface area contributed by atoms with E-state index < -0.39 is 21.1 Å². The average Bonchev–Trinajstić information content (AvgIpc) is 2.42. The second-order valence-corrected chi connectivity index (χ2v) is 6.80. The van der Waals surface area contributed by atoms with E-state index in [0.29, 0.717) is 5.56 Å². The monoisotopic (exact) mass is 388 g/mol. The fourth-order valence-corrected chi connectivity index (χ4v) is 2.90. The molecule has 1 atom stereocenters. The summed E-state index contributed by atoms with van der Waals surface area (Å²) in [7, 11) is -4.60. The number of rotatable bonds is 3. The Hall–Kier alpha value is 0.180. The fourth-order valence-electron chi connectivity index (χ4n) is 1.77. The molecule has 0 amide bonds. The number of halogens is 3. The smallest absolute Gasteiger partial charge is 0.744 e. The first-order chi connectivity index (χ1) is 9.70. The van der Waals surface area contributed by atoms with Gasteiger partial charge < -0.3 is 9.66 Å². The third-order valence-electron chi connectivity index (χ3n) is 2.78. The van der Waals surface area contributed by atoms with Gasteiger partial charge in [-0.15, -0.1) is 0 Å². The summed E-state index contributed by atoms with van der Waals surface area (Å²) in [5, 5.41) is 10.7. The molecule has 2 aromatic rings. The van der Waals surface area contributed by atoms with Crippen molar-refractivity contribution >= 4 is 44.9 Å². The zero-order valence-electron chi connectivity index (χ0n) is 11.3. The van der Waals surface area contributed by atoms with Gasteiger partial charge in [0.15, 0.2) is 0 Å². The molecule has 2 rings (SSSR count). The van der Waals surface area contributed by atoms with E-state index in [1.54, 1.807) is 0 Å². The second-order valence-electron chi connectivity index (χ2n) is 4.23. The number of aliphatic hydroxyl groups excluding tert-OH is 1. The van der Waals surface area contributed by atoms with E-state index in [9.17, 15) is 18.1 Å². The molecule has 0 aliphatic rings. The molecule has 0 bridgehead atoms. The summed E-state index contributed by atoms with van der Waals surface area (Å²) < 4.78 is 33.0. The van der Waals surface area contributed by atoms with E-state index in [4.69, 9.17) is 34.8 Å². The standard InChI is InChI=1S/C13H9Cl3O4S.Na/c14-10-5-8(6-11(15)12(10)16)13(17)7-2-1-3-9(4-7)21(18,19)20;/h1-6,13,17H,(H,18,19,20);/q;+1/p-1. The van der Waals surface area contributed by atoms with Crippen LogP contribution < -0.4 is 29.6 Å². The number of aliphatic hydroxyl groups is 1. The Balaban J connectivity index is 0.00000242. The predicted molar refractivity (Wildman–Crippen MR) is 79.9 cm³/mol. The van der Waals surface area contributed by atoms with Gasteiger partial charge in [0, 0.05) is 0 Å². The van der Waals surface area contributed by atoms with Gasteiger partial charge in [0.05, 0.1) is 20.0 Å². The molecule has 2 aromatic carbocycles. The van der Waals surface area contributed by atoms with Crippen LogP contribution in [0.15, 0.2) is 41.3 Å². The van der Waals surface area contributed by atoms with Crippen molar-refractivity contribution in [2.24, 2.45) is 0 Å². The maximum absolute atomic E-state index is 11.0. The topological polar surface area (TPSA) is 77.4 Å². The van der Waals surface area contributed by atoms with Crippen LogP contribution in [0, 0.1) is 0 Å². The molecule has 0 spiro atoms. The molecule has 1 unspecified atom stereocenters. The van der Waals surface area contributed by atoms with Crippen LogP contribution in [0.3, 0.4) is 0 Å². The summed E-state index contributed by atoms with van der Waals surface area (Å²) in [5.41, 5.74) is 0.552. The van der Waals surface area contributed by atoms with E-state index in [2.05, 4.69) is 0 Å². The third-order valence-corrected chi connectivity index (χ3v) is 4.81. The van der Waals surface area contributed by atoms with Crippen molar-refractivity contribution in [3.05, 3.63) is 62.6 Å². The molecule has 9 heteroatoms. The molecule has 0 saturated carbocycles. The molecule has 112 valence electrons. The van der Waals surface area contributed by atoms with Crippen LogP contribution in [0.1, 0.15) is 17.2 Å². The molecule has 0 saturated heterocycles. The summed E-state index contributed by atoms with van der Waals surface area (Å²) in [5.74, 6) is 0. The number of benzene rings is 2. The van der Waals surface area contributed by atoms with E-state index in [1.807, 2.05) is 0 Å². The van der Waals surface area contributed by atoms with E-state index in [1.165, 1.54) is 24.3 Å². The molecule has 22 heavy (non-hydrogen) atoms. The average molecular weight is 390 g/mol. The zero-order chi connectivity index (χ0) is 15.8. The summed E-state index contributed by atoms with van der Waals surface area (Å²) in [6.45, 7) is 0. The predicted octanol–water partition coefficient (Wildman–Crippen LogP) is 0.637. The first-order valence-electron chi connectivity index (χ1n) is 5.58. The van der Waals surface area contributed by atoms with Gasteiger partial charge in [-0.05, 0) is 35.4 Å². The van der Waals surface area contributed by atoms with Crippen molar-refractivity contribution in [3.63, 3.8) is 0 Å². The zero-order valence-corrected chi connectivity index (χ0v) is 16.3. The van der Waals surface area contributed by atoms with Gasteiger partial charge in [0.2, 0.25) is 0 Å². The van der Waals surface area contributed by atoms with E-state index in [-0.39, 0.29) is 50.2 Å². The SMILES string of the molecule is O=S(=O)([O-])c1cccc(C(O)c2cc(Cl)c(Cl)c(Cl)c2)c1.[Na+]. The maximum atomic E-state index is 11.0. The van der Waals surface area contributed by atoms with Crippen LogP contribution in [-0.4, -0.2) is 18.1 Å². The minimum absolute atomic E-state index is 0. The summed E-state index contributed by atoms with van der Waals surface area (Å²) >= 11 is 17.6. The van der Waals surface area contributed by atoms with Crippen LogP contribution in [0.5, 0.6) is 0 Å². The van der Waals surface area contributed by atoms with Crippen molar-refractivity contribution in [2.75, 3.05) is 0 Å². The summed E-state index contributed by atoms with van der Waals surface area (Å²) in [4.78, 5) is -0.426. The Morgan fingerprint density at radius 1 is 1.00 bits per heavy atom. The molecule has 0 aromatic heterocycles. The Morgan fingerprint density at radius 2 is 1.55 bits per heavy atom. The number of hydrogen-bond donors (Lipinski definition) is 1. The summed E-state index contributed by atoms with van der Waals surface area (Å²) in [6.07, 6.45) is -1.20. The largest absolute Gasteiger partial charge is 1.00 e. The van der Waals surface area contributed by atoms with Gasteiger partial charge in [-0.25, -0.2) is 8.42 Å². The Morgan fingerprint density at radius 3 is 2.05 bits per heavy atom. The Bertz CT molecular complexity index is 773. The van der Waals surface area contributed by atoms with Crippen molar-refractivity contribution in [1.29, 1.82) is 0 Å². The first-order valence-corrected chi connectivity index (χ1v) is 8.12. The molecule has 1 N–H and O–H groups in total. The molecule has 0 aliphatic carbocycles. The number of hydrogen-bond acceptors (Lipinski definition) is 4. The van der Waals surface area contributed by atoms with Crippen LogP contribution in [-0.2, 0) is 10.1 Å². The molecule has 0 aliphatic heterocycles. The maximum Gasteiger partial charge on any atom is 1.00 e. The summed E-state index contributed by atoms with van der Waals surface area (Å²) in [6, 6.07) is 7.93. The first kappa shape index (κ1) is 20.2. The van der Waals surface area contributed by atoms with Gasteiger partial charge in [0.1, 0.15) is 16.2 Å². The normalized spacial score (nSPS) is 12.6. The van der Waals surface area contributed by atoms with Crippen molar-refractivity contribution in [1.82, 2.24) is 0 Å². The minimum Gasteiger partial charge on any atom is -0.744 e. The Kier molecular flexibility index (Phi) is 7.20. The third kappa shape index (κ3) is 4.60. The van der Waals surface area contributed by atoms with Gasteiger partial charge in [-0.1, -0.05) is 46.9 Å². The quantitative estimate of drug-likeness (QED) is 0.475. The van der Waals surface area contributed by atoms with Crippen LogP contribution in [0.2, 0.25) is 15.1 Å². The van der Waals surface area contributed by atoms with Crippen molar-refractivity contribution in [2.45, 2.75) is 11.0 Å². The van der Waals surface area contributed by atoms with Crippen LogP contribution >= 0.6 is 34.8 Å². The van der Waals surface area contributed by atoms with Crippen LogP contribution in [0.4, 0.5) is 0 Å². The van der Waals surface area contributed by atoms with Gasteiger partial charge in [0.25, 0.3) is 0 Å². The molecule has 4 nitrogen and oxygen atoms in total. The minimum atomic E-state index is -4.60. The molecular weight excluding hydrogens is 382 g/mol. The van der Waals surface area contributed by atoms with Gasteiger partial charge in [-0.3, -0.25) is 0 Å². The molecule has 0 radical (unpaired) electrons. The second kappa shape index (κ2) is 7.83. The van der Waals surface area contributed by atoms with E-state index in [0.717, 1.165) is 12.1 Å². The van der Waals surface area contributed by atoms with Gasteiger partial charge in [-0.2, -0.15) is 0 Å². The molecule has 0 fully saturated rings. The molecular formula is C13H8Cl3NaO4S. The Labute approximate surface area is 165 Å².